The van der Waals surface area contributed by atoms with E-state index in [1.807, 2.05) is 13.0 Å². The molecule has 3 heteroatoms. The van der Waals surface area contributed by atoms with Crippen molar-refractivity contribution in [2.75, 3.05) is 19.5 Å². The molecule has 0 radical (unpaired) electrons. The van der Waals surface area contributed by atoms with Crippen molar-refractivity contribution in [2.45, 2.75) is 19.8 Å². The Kier molecular flexibility index (Phi) is 4.31. The van der Waals surface area contributed by atoms with E-state index in [1.165, 1.54) is 0 Å². The number of carbonyl (C=O) groups excluding carboxylic acids is 1. The lowest BCUT2D eigenvalue weighted by Crippen LogP contribution is -2.04. The lowest BCUT2D eigenvalue weighted by atomic mass is 10.0. The maximum absolute atomic E-state index is 11.8. The van der Waals surface area contributed by atoms with Crippen molar-refractivity contribution in [3.8, 4) is 0 Å². The van der Waals surface area contributed by atoms with E-state index in [0.29, 0.717) is 18.7 Å². The molecule has 1 rings (SSSR count). The van der Waals surface area contributed by atoms with Crippen LogP contribution in [0, 0.1) is 6.92 Å². The lowest BCUT2D eigenvalue weighted by Gasteiger charge is -2.05. The monoisotopic (exact) mass is 207 g/mol. The predicted octanol–water partition coefficient (Wildman–Crippen LogP) is 2.19. The van der Waals surface area contributed by atoms with Crippen molar-refractivity contribution in [1.29, 1.82) is 0 Å². The third kappa shape index (κ3) is 3.36. The second-order valence-electron chi connectivity index (χ2n) is 3.59. The number of benzene rings is 1. The van der Waals surface area contributed by atoms with E-state index in [1.54, 1.807) is 19.2 Å². The second kappa shape index (κ2) is 5.51. The topological polar surface area (TPSA) is 52.3 Å². The number of nitrogen functional groups attached to an aromatic ring is 1. The van der Waals surface area contributed by atoms with E-state index in [9.17, 15) is 4.79 Å². The molecule has 0 aromatic heterocycles. The average Bonchev–Trinajstić information content (AvgIpc) is 2.22. The van der Waals surface area contributed by atoms with Crippen molar-refractivity contribution in [3.63, 3.8) is 0 Å². The van der Waals surface area contributed by atoms with Gasteiger partial charge in [0.15, 0.2) is 5.78 Å². The van der Waals surface area contributed by atoms with Crippen LogP contribution in [0.5, 0.6) is 0 Å². The Labute approximate surface area is 90.2 Å². The molecule has 0 aliphatic rings. The minimum Gasteiger partial charge on any atom is -0.399 e. The largest absolute Gasteiger partial charge is 0.399 e. The van der Waals surface area contributed by atoms with Crippen LogP contribution < -0.4 is 5.73 Å². The number of methoxy groups -OCH3 is 1. The molecule has 0 amide bonds. The molecular weight excluding hydrogens is 190 g/mol. The van der Waals surface area contributed by atoms with E-state index in [-0.39, 0.29) is 5.78 Å². The highest BCUT2D eigenvalue weighted by Gasteiger charge is 2.08. The number of Topliss-reactive ketones (excluding diaryl/α,β-unsaturated/α-hetero) is 1. The van der Waals surface area contributed by atoms with Crippen molar-refractivity contribution >= 4 is 11.5 Å². The van der Waals surface area contributed by atoms with Gasteiger partial charge in [0.25, 0.3) is 0 Å². The molecule has 0 spiro atoms. The van der Waals surface area contributed by atoms with Crippen LogP contribution in [0.2, 0.25) is 0 Å². The summed E-state index contributed by atoms with van der Waals surface area (Å²) in [5.41, 5.74) is 7.98. The Morgan fingerprint density at radius 1 is 1.47 bits per heavy atom. The molecule has 82 valence electrons. The SMILES string of the molecule is COCCCC(=O)c1cc(N)ccc1C. The quantitative estimate of drug-likeness (QED) is 0.457. The van der Waals surface area contributed by atoms with E-state index >= 15 is 0 Å². The van der Waals surface area contributed by atoms with Gasteiger partial charge in [-0.2, -0.15) is 0 Å². The number of nitrogens with two attached hydrogens (primary N) is 1. The molecule has 0 saturated heterocycles. The maximum atomic E-state index is 11.8. The first-order chi connectivity index (χ1) is 7.15. The summed E-state index contributed by atoms with van der Waals surface area (Å²) in [5.74, 6) is 0.136. The Morgan fingerprint density at radius 2 is 2.20 bits per heavy atom. The fourth-order valence-corrected chi connectivity index (χ4v) is 1.45. The van der Waals surface area contributed by atoms with Gasteiger partial charge in [-0.3, -0.25) is 4.79 Å². The van der Waals surface area contributed by atoms with Crippen molar-refractivity contribution in [1.82, 2.24) is 0 Å². The number of hydrogen-bond donors (Lipinski definition) is 1. The van der Waals surface area contributed by atoms with Gasteiger partial charge in [-0.25, -0.2) is 0 Å². The number of ketones is 1. The van der Waals surface area contributed by atoms with Crippen LogP contribution in [0.25, 0.3) is 0 Å². The van der Waals surface area contributed by atoms with Gasteiger partial charge in [0.2, 0.25) is 0 Å². The minimum absolute atomic E-state index is 0.136. The fourth-order valence-electron chi connectivity index (χ4n) is 1.45. The van der Waals surface area contributed by atoms with Crippen molar-refractivity contribution in [3.05, 3.63) is 29.3 Å². The molecule has 0 atom stereocenters. The summed E-state index contributed by atoms with van der Waals surface area (Å²) >= 11 is 0. The summed E-state index contributed by atoms with van der Waals surface area (Å²) in [6.07, 6.45) is 1.27. The number of ether oxygens (including phenoxy) is 1. The standard InChI is InChI=1S/C12H17NO2/c1-9-5-6-10(13)8-11(9)12(14)4-3-7-15-2/h5-6,8H,3-4,7,13H2,1-2H3. The molecule has 0 heterocycles. The molecule has 0 bridgehead atoms. The van der Waals surface area contributed by atoms with Gasteiger partial charge in [0.05, 0.1) is 0 Å². The molecule has 0 unspecified atom stereocenters. The van der Waals surface area contributed by atoms with Crippen LogP contribution in [0.3, 0.4) is 0 Å². The first-order valence-electron chi connectivity index (χ1n) is 5.03. The molecule has 0 aliphatic carbocycles. The number of anilines is 1. The highest BCUT2D eigenvalue weighted by atomic mass is 16.5. The Hall–Kier alpha value is -1.35. The lowest BCUT2D eigenvalue weighted by molar-refractivity contribution is 0.0963. The van der Waals surface area contributed by atoms with E-state index in [0.717, 1.165) is 17.5 Å². The third-order valence-corrected chi connectivity index (χ3v) is 2.31. The summed E-state index contributed by atoms with van der Waals surface area (Å²) in [6.45, 7) is 2.54. The van der Waals surface area contributed by atoms with Crippen LogP contribution in [0.4, 0.5) is 5.69 Å². The molecule has 1 aromatic rings. The molecule has 3 nitrogen and oxygen atoms in total. The van der Waals surface area contributed by atoms with Crippen LogP contribution in [-0.2, 0) is 4.74 Å². The van der Waals surface area contributed by atoms with Crippen LogP contribution in [-0.4, -0.2) is 19.5 Å². The van der Waals surface area contributed by atoms with Gasteiger partial charge in [-0.15, -0.1) is 0 Å². The highest BCUT2D eigenvalue weighted by Crippen LogP contribution is 2.15. The molecule has 15 heavy (non-hydrogen) atoms. The zero-order chi connectivity index (χ0) is 11.3. The molecular formula is C12H17NO2. The molecule has 2 N–H and O–H groups in total. The molecule has 1 aromatic carbocycles. The molecule has 0 saturated carbocycles. The number of hydrogen-bond acceptors (Lipinski definition) is 3. The first kappa shape index (κ1) is 11.7. The maximum Gasteiger partial charge on any atom is 0.163 e. The van der Waals surface area contributed by atoms with Gasteiger partial charge in [0.1, 0.15) is 0 Å². The Balaban J connectivity index is 2.68. The van der Waals surface area contributed by atoms with Gasteiger partial charge in [0, 0.05) is 31.4 Å². The zero-order valence-electron chi connectivity index (χ0n) is 9.25. The van der Waals surface area contributed by atoms with Crippen LogP contribution >= 0.6 is 0 Å². The summed E-state index contributed by atoms with van der Waals surface area (Å²) in [7, 11) is 1.64. The number of rotatable bonds is 5. The van der Waals surface area contributed by atoms with Gasteiger partial charge >= 0.3 is 0 Å². The van der Waals surface area contributed by atoms with Gasteiger partial charge < -0.3 is 10.5 Å². The highest BCUT2D eigenvalue weighted by molar-refractivity contribution is 5.98. The average molecular weight is 207 g/mol. The minimum atomic E-state index is 0.136. The summed E-state index contributed by atoms with van der Waals surface area (Å²) < 4.78 is 4.91. The normalized spacial score (nSPS) is 10.3. The Bertz CT molecular complexity index is 347. The summed E-state index contributed by atoms with van der Waals surface area (Å²) in [6, 6.07) is 5.42. The van der Waals surface area contributed by atoms with Gasteiger partial charge in [-0.05, 0) is 31.0 Å². The van der Waals surface area contributed by atoms with Crippen molar-refractivity contribution < 1.29 is 9.53 Å². The van der Waals surface area contributed by atoms with Crippen LogP contribution in [0.1, 0.15) is 28.8 Å². The smallest absolute Gasteiger partial charge is 0.163 e. The van der Waals surface area contributed by atoms with Gasteiger partial charge in [-0.1, -0.05) is 6.07 Å². The van der Waals surface area contributed by atoms with Crippen molar-refractivity contribution in [2.24, 2.45) is 0 Å². The fraction of sp³-hybridized carbons (Fsp3) is 0.417. The number of aryl methyl sites for hydroxylation is 1. The summed E-state index contributed by atoms with van der Waals surface area (Å²) in [5, 5.41) is 0. The first-order valence-corrected chi connectivity index (χ1v) is 5.03. The molecule has 0 fully saturated rings. The predicted molar refractivity (Wildman–Crippen MR) is 61.0 cm³/mol. The second-order valence-corrected chi connectivity index (χ2v) is 3.59. The van der Waals surface area contributed by atoms with E-state index in [2.05, 4.69) is 0 Å². The zero-order valence-corrected chi connectivity index (χ0v) is 9.25. The molecule has 0 aliphatic heterocycles. The van der Waals surface area contributed by atoms with E-state index < -0.39 is 0 Å². The van der Waals surface area contributed by atoms with Crippen LogP contribution in [0.15, 0.2) is 18.2 Å². The third-order valence-electron chi connectivity index (χ3n) is 2.31. The number of carbonyl (C=O) groups is 1. The summed E-state index contributed by atoms with van der Waals surface area (Å²) in [4.78, 5) is 11.8. The van der Waals surface area contributed by atoms with E-state index in [4.69, 9.17) is 10.5 Å². The Morgan fingerprint density at radius 3 is 2.87 bits per heavy atom.